The maximum atomic E-state index is 13.5. The van der Waals surface area contributed by atoms with E-state index in [-0.39, 0.29) is 68.0 Å². The molecule has 0 radical (unpaired) electrons. The van der Waals surface area contributed by atoms with Crippen LogP contribution < -0.4 is 15.4 Å². The van der Waals surface area contributed by atoms with Crippen LogP contribution in [0.5, 0.6) is 5.75 Å². The quantitative estimate of drug-likeness (QED) is 0.336. The highest BCUT2D eigenvalue weighted by Gasteiger charge is 2.47. The Morgan fingerprint density at radius 3 is 2.39 bits per heavy atom. The number of Topliss-reactive ketones (excluding diaryl/α,β-unsaturated/α-hetero) is 1. The Balaban J connectivity index is 1.54. The Morgan fingerprint density at radius 2 is 1.70 bits per heavy atom. The third kappa shape index (κ3) is 9.51. The Labute approximate surface area is 259 Å². The van der Waals surface area contributed by atoms with Gasteiger partial charge in [-0.2, -0.15) is 0 Å². The second-order valence-electron chi connectivity index (χ2n) is 12.1. The number of epoxide rings is 1. The summed E-state index contributed by atoms with van der Waals surface area (Å²) < 4.78 is 17.3. The molecule has 4 rings (SSSR count). The Hall–Kier alpha value is -3.98. The molecule has 2 heterocycles. The molecule has 44 heavy (non-hydrogen) atoms. The van der Waals surface area contributed by atoms with Gasteiger partial charge in [0.15, 0.2) is 0 Å². The lowest BCUT2D eigenvalue weighted by Crippen LogP contribution is -2.48. The first-order valence-corrected chi connectivity index (χ1v) is 15.4. The van der Waals surface area contributed by atoms with E-state index in [0.29, 0.717) is 12.2 Å². The molecule has 9 heteroatoms. The van der Waals surface area contributed by atoms with Gasteiger partial charge in [-0.1, -0.05) is 69.3 Å². The fourth-order valence-electron chi connectivity index (χ4n) is 5.65. The van der Waals surface area contributed by atoms with Crippen LogP contribution in [0.4, 0.5) is 0 Å². The number of amides is 2. The minimum Gasteiger partial charge on any atom is -0.497 e. The van der Waals surface area contributed by atoms with E-state index in [2.05, 4.69) is 10.6 Å². The molecule has 0 bridgehead atoms. The van der Waals surface area contributed by atoms with Gasteiger partial charge >= 0.3 is 5.97 Å². The summed E-state index contributed by atoms with van der Waals surface area (Å²) in [7, 11) is 1.58. The van der Waals surface area contributed by atoms with E-state index >= 15 is 0 Å². The lowest BCUT2D eigenvalue weighted by atomic mass is 9.90. The summed E-state index contributed by atoms with van der Waals surface area (Å²) >= 11 is 0. The fourth-order valence-corrected chi connectivity index (χ4v) is 5.65. The number of carbonyl (C=O) groups excluding carboxylic acids is 4. The third-order valence-electron chi connectivity index (χ3n) is 8.16. The van der Waals surface area contributed by atoms with Crippen molar-refractivity contribution in [2.75, 3.05) is 13.7 Å². The third-order valence-corrected chi connectivity index (χ3v) is 8.16. The van der Waals surface area contributed by atoms with Gasteiger partial charge in [0.25, 0.3) is 0 Å². The first kappa shape index (κ1) is 32.9. The zero-order valence-corrected chi connectivity index (χ0v) is 26.0. The molecule has 0 aliphatic carbocycles. The normalized spacial score (nSPS) is 26.7. The van der Waals surface area contributed by atoms with Crippen molar-refractivity contribution >= 4 is 23.6 Å². The molecule has 0 aromatic heterocycles. The first-order valence-electron chi connectivity index (χ1n) is 15.4. The van der Waals surface area contributed by atoms with Gasteiger partial charge in [0.1, 0.15) is 29.8 Å². The van der Waals surface area contributed by atoms with Gasteiger partial charge in [-0.25, -0.2) is 0 Å². The molecule has 0 saturated carbocycles. The van der Waals surface area contributed by atoms with Crippen LogP contribution in [0.25, 0.3) is 0 Å². The van der Waals surface area contributed by atoms with E-state index in [1.165, 1.54) is 6.08 Å². The van der Waals surface area contributed by atoms with E-state index in [4.69, 9.17) is 14.2 Å². The Morgan fingerprint density at radius 1 is 0.977 bits per heavy atom. The summed E-state index contributed by atoms with van der Waals surface area (Å²) in [5.74, 6) is -1.27. The summed E-state index contributed by atoms with van der Waals surface area (Å²) in [6, 6.07) is 16.3. The highest BCUT2D eigenvalue weighted by molar-refractivity contribution is 5.93. The maximum Gasteiger partial charge on any atom is 0.309 e. The Bertz CT molecular complexity index is 1310. The van der Waals surface area contributed by atoms with Crippen molar-refractivity contribution in [3.05, 3.63) is 77.9 Å². The molecule has 2 aliphatic heterocycles. The van der Waals surface area contributed by atoms with Crippen LogP contribution in [-0.2, 0) is 35.1 Å². The highest BCUT2D eigenvalue weighted by Crippen LogP contribution is 2.45. The van der Waals surface area contributed by atoms with Crippen LogP contribution in [0.1, 0.15) is 63.7 Å². The number of ether oxygens (including phenoxy) is 3. The predicted molar refractivity (Wildman–Crippen MR) is 166 cm³/mol. The average molecular weight is 605 g/mol. The molecule has 2 unspecified atom stereocenters. The van der Waals surface area contributed by atoms with Crippen molar-refractivity contribution in [1.29, 1.82) is 0 Å². The fraction of sp³-hybridized carbons (Fsp3) is 0.486. The highest BCUT2D eigenvalue weighted by atomic mass is 16.6. The average Bonchev–Trinajstić information content (AvgIpc) is 3.81. The summed E-state index contributed by atoms with van der Waals surface area (Å²) in [4.78, 5) is 52.6. The van der Waals surface area contributed by atoms with Crippen LogP contribution in [0.15, 0.2) is 66.7 Å². The van der Waals surface area contributed by atoms with E-state index < -0.39 is 29.9 Å². The minimum atomic E-state index is -0.851. The van der Waals surface area contributed by atoms with Crippen molar-refractivity contribution < 1.29 is 33.4 Å². The second kappa shape index (κ2) is 15.7. The van der Waals surface area contributed by atoms with Crippen LogP contribution in [0.2, 0.25) is 0 Å². The number of methoxy groups -OCH3 is 1. The molecule has 1 saturated heterocycles. The molecule has 2 aromatic rings. The van der Waals surface area contributed by atoms with E-state index in [0.717, 1.165) is 11.1 Å². The van der Waals surface area contributed by atoms with Gasteiger partial charge < -0.3 is 24.8 Å². The molecule has 1 fully saturated rings. The van der Waals surface area contributed by atoms with Crippen molar-refractivity contribution in [3.63, 3.8) is 0 Å². The monoisotopic (exact) mass is 604 g/mol. The molecule has 0 spiro atoms. The summed E-state index contributed by atoms with van der Waals surface area (Å²) in [6.45, 7) is 6.09. The van der Waals surface area contributed by atoms with Gasteiger partial charge in [0.2, 0.25) is 11.8 Å². The SMILES string of the molecule is COc1ccc(C[C@H]2NC(=O)/C=C/C[C@@H](C(C)[C@H]3OC3c3ccccc3)OC(=O)[C@H](CC(C)C)CC(=O)CCNC2=O)cc1. The zero-order valence-electron chi connectivity index (χ0n) is 26.0. The molecule has 9 nitrogen and oxygen atoms in total. The zero-order chi connectivity index (χ0) is 31.6. The number of cyclic esters (lactones) is 1. The molecular formula is C35H44N2O7. The lowest BCUT2D eigenvalue weighted by Gasteiger charge is -2.26. The van der Waals surface area contributed by atoms with Crippen molar-refractivity contribution in [1.82, 2.24) is 10.6 Å². The topological polar surface area (TPSA) is 123 Å². The second-order valence-corrected chi connectivity index (χ2v) is 12.1. The molecule has 6 atom stereocenters. The number of nitrogens with one attached hydrogen (secondary N) is 2. The van der Waals surface area contributed by atoms with Gasteiger partial charge in [0, 0.05) is 38.1 Å². The summed E-state index contributed by atoms with van der Waals surface area (Å²) in [5, 5.41) is 5.58. The standard InChI is InChI=1S/C35H44N2O7/c1-22(2)19-26-21-27(38)17-18-36-34(40)29(20-24-13-15-28(42-4)16-14-24)37-31(39)12-8-11-30(43-35(26)41)23(3)32-33(44-32)25-9-6-5-7-10-25/h5-10,12-16,22-23,26,29-30,32-33H,11,17-21H2,1-4H3,(H,36,40)(H,37,39)/b12-8+/t23?,26-,29-,30+,32-,33?/m1/s1. The van der Waals surface area contributed by atoms with E-state index in [1.807, 2.05) is 63.2 Å². The maximum absolute atomic E-state index is 13.5. The van der Waals surface area contributed by atoms with Gasteiger partial charge in [-0.05, 0) is 41.7 Å². The largest absolute Gasteiger partial charge is 0.497 e. The van der Waals surface area contributed by atoms with Gasteiger partial charge in [-0.15, -0.1) is 0 Å². The molecule has 2 aliphatic rings. The van der Waals surface area contributed by atoms with Crippen molar-refractivity contribution in [2.45, 2.75) is 77.2 Å². The van der Waals surface area contributed by atoms with Crippen LogP contribution in [-0.4, -0.2) is 55.5 Å². The molecule has 2 amide bonds. The molecular weight excluding hydrogens is 560 g/mol. The molecule has 2 N–H and O–H groups in total. The Kier molecular flexibility index (Phi) is 11.7. The van der Waals surface area contributed by atoms with Gasteiger partial charge in [-0.3, -0.25) is 19.2 Å². The van der Waals surface area contributed by atoms with Crippen molar-refractivity contribution in [2.24, 2.45) is 17.8 Å². The number of rotatable bonds is 8. The number of ketones is 1. The minimum absolute atomic E-state index is 0.0441. The number of hydrogen-bond acceptors (Lipinski definition) is 7. The van der Waals surface area contributed by atoms with Crippen LogP contribution in [0, 0.1) is 17.8 Å². The van der Waals surface area contributed by atoms with E-state index in [1.54, 1.807) is 25.3 Å². The summed E-state index contributed by atoms with van der Waals surface area (Å²) in [6.07, 6.45) is 3.40. The first-order chi connectivity index (χ1) is 21.1. The van der Waals surface area contributed by atoms with Gasteiger partial charge in [0.05, 0.1) is 19.1 Å². The molecule has 2 aromatic carbocycles. The molecule has 236 valence electrons. The number of esters is 1. The number of hydrogen-bond donors (Lipinski definition) is 2. The van der Waals surface area contributed by atoms with Crippen LogP contribution in [0.3, 0.4) is 0 Å². The smallest absolute Gasteiger partial charge is 0.309 e. The predicted octanol–water partition coefficient (Wildman–Crippen LogP) is 4.50. The van der Waals surface area contributed by atoms with Crippen molar-refractivity contribution in [3.8, 4) is 5.75 Å². The van der Waals surface area contributed by atoms with E-state index in [9.17, 15) is 19.2 Å². The number of benzene rings is 2. The summed E-state index contributed by atoms with van der Waals surface area (Å²) in [5.41, 5.74) is 1.90. The van der Waals surface area contributed by atoms with Crippen LogP contribution >= 0.6 is 0 Å². The number of carbonyl (C=O) groups is 4. The lowest BCUT2D eigenvalue weighted by molar-refractivity contribution is -0.158.